The van der Waals surface area contributed by atoms with Crippen molar-refractivity contribution < 1.29 is 21.7 Å². The zero-order valence-corrected chi connectivity index (χ0v) is 25.2. The molecule has 0 unspecified atom stereocenters. The van der Waals surface area contributed by atoms with Gasteiger partial charge in [0.25, 0.3) is 0 Å². The molecule has 0 aliphatic carbocycles. The fourth-order valence-corrected chi connectivity index (χ4v) is 3.77. The predicted octanol–water partition coefficient (Wildman–Crippen LogP) is 9.63. The van der Waals surface area contributed by atoms with Crippen LogP contribution in [0.25, 0.3) is 0 Å². The molecular weight excluding hydrogens is 456 g/mol. The van der Waals surface area contributed by atoms with Crippen LogP contribution in [0.5, 0.6) is 0 Å². The molecule has 0 spiro atoms. The quantitative estimate of drug-likeness (QED) is 0.167. The van der Waals surface area contributed by atoms with Crippen molar-refractivity contribution in [3.8, 4) is 0 Å². The first-order valence-electron chi connectivity index (χ1n) is 12.0. The van der Waals surface area contributed by atoms with Crippen LogP contribution in [0.2, 0.25) is 0 Å². The Morgan fingerprint density at radius 1 is 0.429 bits per heavy atom. The van der Waals surface area contributed by atoms with E-state index in [2.05, 4.69) is 83.1 Å². The smallest absolute Gasteiger partial charge is 0.199 e. The van der Waals surface area contributed by atoms with Gasteiger partial charge in [0.2, 0.25) is 0 Å². The Balaban J connectivity index is 0.000000442. The van der Waals surface area contributed by atoms with Gasteiger partial charge in [0.05, 0.1) is 0 Å². The van der Waals surface area contributed by atoms with Gasteiger partial charge >= 0.3 is 21.7 Å². The molecular formula is C34H44Ti. The molecule has 0 aliphatic heterocycles. The number of hydrogen-bond acceptors (Lipinski definition) is 0. The van der Waals surface area contributed by atoms with Gasteiger partial charge in [-0.1, -0.05) is 81.4 Å². The van der Waals surface area contributed by atoms with Crippen molar-refractivity contribution in [1.29, 1.82) is 0 Å². The summed E-state index contributed by atoms with van der Waals surface area (Å²) in [5.74, 6) is 0. The SMILES string of the molecule is Cc1c(C)c(C)[c-](C)c1C.Cc1c(C)c(C)[c-](C)c1C.[CH2-]c1ccccc1.[CH2-]c1ccccc1.[Ti+4]. The molecule has 4 rings (SSSR count). The molecule has 0 amide bonds. The second-order valence-electron chi connectivity index (χ2n) is 9.22. The summed E-state index contributed by atoms with van der Waals surface area (Å²) in [5, 5.41) is 0. The van der Waals surface area contributed by atoms with Crippen molar-refractivity contribution in [3.05, 3.63) is 141 Å². The molecule has 0 N–H and O–H groups in total. The molecule has 4 aromatic rings. The van der Waals surface area contributed by atoms with E-state index in [1.165, 1.54) is 55.6 Å². The molecule has 0 fully saturated rings. The van der Waals surface area contributed by atoms with Gasteiger partial charge in [0.15, 0.2) is 0 Å². The summed E-state index contributed by atoms with van der Waals surface area (Å²) in [5.41, 5.74) is 16.8. The third-order valence-electron chi connectivity index (χ3n) is 7.31. The van der Waals surface area contributed by atoms with Gasteiger partial charge in [-0.2, -0.15) is 105 Å². The van der Waals surface area contributed by atoms with Crippen LogP contribution >= 0.6 is 0 Å². The third kappa shape index (κ3) is 9.63. The number of rotatable bonds is 0. The topological polar surface area (TPSA) is 0 Å². The molecule has 0 aliphatic rings. The van der Waals surface area contributed by atoms with Gasteiger partial charge in [-0.3, -0.25) is 0 Å². The normalized spacial score (nSPS) is 9.43. The summed E-state index contributed by atoms with van der Waals surface area (Å²) >= 11 is 0. The van der Waals surface area contributed by atoms with E-state index in [9.17, 15) is 0 Å². The summed E-state index contributed by atoms with van der Waals surface area (Å²) < 4.78 is 0. The molecule has 1 heteroatoms. The summed E-state index contributed by atoms with van der Waals surface area (Å²) in [7, 11) is 0. The standard InChI is InChI=1S/2C10H15.2C7H7.Ti/c2*1-6-7(2)9(4)10(5)8(6)3;2*1-7-5-3-2-4-6-7;/h2*1-5H3;2*2-6H,1H2;/q4*-1;+4. The van der Waals surface area contributed by atoms with E-state index in [1.54, 1.807) is 0 Å². The van der Waals surface area contributed by atoms with Gasteiger partial charge in [-0.05, 0) is 0 Å². The van der Waals surface area contributed by atoms with Crippen molar-refractivity contribution in [2.45, 2.75) is 69.2 Å². The fraction of sp³-hybridized carbons (Fsp3) is 0.294. The Morgan fingerprint density at radius 2 is 0.629 bits per heavy atom. The van der Waals surface area contributed by atoms with E-state index in [0.29, 0.717) is 0 Å². The first kappa shape index (κ1) is 32.6. The minimum absolute atomic E-state index is 0. The minimum Gasteiger partial charge on any atom is -0.199 e. The molecule has 0 saturated carbocycles. The first-order valence-corrected chi connectivity index (χ1v) is 12.0. The van der Waals surface area contributed by atoms with Crippen molar-refractivity contribution in [3.63, 3.8) is 0 Å². The summed E-state index contributed by atoms with van der Waals surface area (Å²) in [6.07, 6.45) is 0. The van der Waals surface area contributed by atoms with E-state index < -0.39 is 0 Å². The molecule has 0 aromatic heterocycles. The maximum atomic E-state index is 3.72. The Hall–Kier alpha value is -2.41. The molecule has 0 bridgehead atoms. The van der Waals surface area contributed by atoms with Crippen molar-refractivity contribution in [2.75, 3.05) is 0 Å². The van der Waals surface area contributed by atoms with Crippen LogP contribution in [-0.4, -0.2) is 0 Å². The molecule has 35 heavy (non-hydrogen) atoms. The summed E-state index contributed by atoms with van der Waals surface area (Å²) in [6.45, 7) is 29.4. The number of benzene rings is 2. The van der Waals surface area contributed by atoms with Gasteiger partial charge in [-0.15, -0.1) is 24.3 Å². The Morgan fingerprint density at radius 3 is 0.714 bits per heavy atom. The summed E-state index contributed by atoms with van der Waals surface area (Å²) in [6, 6.07) is 19.7. The molecule has 0 saturated heterocycles. The molecule has 0 nitrogen and oxygen atoms in total. The van der Waals surface area contributed by atoms with Gasteiger partial charge in [-0.25, -0.2) is 0 Å². The van der Waals surface area contributed by atoms with Crippen molar-refractivity contribution in [2.24, 2.45) is 0 Å². The van der Waals surface area contributed by atoms with Crippen LogP contribution in [0, 0.1) is 83.1 Å². The maximum Gasteiger partial charge on any atom is 4.00 e. The van der Waals surface area contributed by atoms with E-state index in [-0.39, 0.29) is 21.7 Å². The second kappa shape index (κ2) is 15.6. The third-order valence-corrected chi connectivity index (χ3v) is 7.31. The predicted molar refractivity (Wildman–Crippen MR) is 153 cm³/mol. The largest absolute Gasteiger partial charge is 4.00 e. The molecule has 4 aromatic carbocycles. The van der Waals surface area contributed by atoms with E-state index >= 15 is 0 Å². The van der Waals surface area contributed by atoms with Gasteiger partial charge in [0, 0.05) is 0 Å². The molecule has 0 radical (unpaired) electrons. The van der Waals surface area contributed by atoms with Crippen molar-refractivity contribution >= 4 is 0 Å². The molecule has 184 valence electrons. The summed E-state index contributed by atoms with van der Waals surface area (Å²) in [4.78, 5) is 0. The average molecular weight is 501 g/mol. The zero-order valence-electron chi connectivity index (χ0n) is 23.7. The first-order chi connectivity index (χ1) is 15.9. The molecule has 0 heterocycles. The van der Waals surface area contributed by atoms with Crippen LogP contribution in [-0.2, 0) is 21.7 Å². The van der Waals surface area contributed by atoms with Crippen LogP contribution in [0.1, 0.15) is 66.8 Å². The maximum absolute atomic E-state index is 3.72. The van der Waals surface area contributed by atoms with Crippen LogP contribution in [0.4, 0.5) is 0 Å². The minimum atomic E-state index is 0. The Bertz CT molecular complexity index is 885. The fourth-order valence-electron chi connectivity index (χ4n) is 3.77. The average Bonchev–Trinajstić information content (AvgIpc) is 3.11. The van der Waals surface area contributed by atoms with Crippen LogP contribution in [0.15, 0.2) is 60.7 Å². The van der Waals surface area contributed by atoms with Gasteiger partial charge < -0.3 is 0 Å². The van der Waals surface area contributed by atoms with Crippen LogP contribution < -0.4 is 0 Å². The van der Waals surface area contributed by atoms with Crippen molar-refractivity contribution in [1.82, 2.24) is 0 Å². The monoisotopic (exact) mass is 500 g/mol. The molecule has 0 atom stereocenters. The van der Waals surface area contributed by atoms with Crippen LogP contribution in [0.3, 0.4) is 0 Å². The van der Waals surface area contributed by atoms with E-state index in [4.69, 9.17) is 0 Å². The zero-order chi connectivity index (χ0) is 26.0. The van der Waals surface area contributed by atoms with Gasteiger partial charge in [0.1, 0.15) is 0 Å². The number of hydrogen-bond donors (Lipinski definition) is 0. The Kier molecular flexibility index (Phi) is 14.5. The Labute approximate surface area is 231 Å². The second-order valence-corrected chi connectivity index (χ2v) is 9.22. The van der Waals surface area contributed by atoms with E-state index in [0.717, 1.165) is 11.1 Å². The van der Waals surface area contributed by atoms with E-state index in [1.807, 2.05) is 60.7 Å².